The predicted molar refractivity (Wildman–Crippen MR) is 96.6 cm³/mol. The molecule has 0 amide bonds. The molecule has 2 aliphatic rings. The number of benzene rings is 1. The summed E-state index contributed by atoms with van der Waals surface area (Å²) in [5.74, 6) is 0.847. The summed E-state index contributed by atoms with van der Waals surface area (Å²) in [7, 11) is -1.68. The molecule has 6 heteroatoms. The maximum absolute atomic E-state index is 11.9. The molecule has 24 heavy (non-hydrogen) atoms. The van der Waals surface area contributed by atoms with E-state index in [0.717, 1.165) is 28.9 Å². The molecular weight excluding hydrogens is 324 g/mol. The van der Waals surface area contributed by atoms with Gasteiger partial charge in [0, 0.05) is 11.8 Å². The van der Waals surface area contributed by atoms with Gasteiger partial charge in [-0.1, -0.05) is 18.2 Å². The van der Waals surface area contributed by atoms with Crippen LogP contribution in [0.2, 0.25) is 0 Å². The van der Waals surface area contributed by atoms with Gasteiger partial charge in [0.2, 0.25) is 10.0 Å². The highest BCUT2D eigenvalue weighted by Gasteiger charge is 2.24. The lowest BCUT2D eigenvalue weighted by Crippen LogP contribution is -2.30. The van der Waals surface area contributed by atoms with E-state index in [1.54, 1.807) is 26.3 Å². The van der Waals surface area contributed by atoms with E-state index in [4.69, 9.17) is 4.74 Å². The summed E-state index contributed by atoms with van der Waals surface area (Å²) < 4.78 is 31.7. The molecule has 0 spiro atoms. The van der Waals surface area contributed by atoms with Gasteiger partial charge in [-0.05, 0) is 48.8 Å². The summed E-state index contributed by atoms with van der Waals surface area (Å²) >= 11 is 0. The van der Waals surface area contributed by atoms with Crippen molar-refractivity contribution in [1.29, 1.82) is 0 Å². The second-order valence-corrected chi connectivity index (χ2v) is 7.63. The van der Waals surface area contributed by atoms with E-state index in [2.05, 4.69) is 15.8 Å². The first-order valence-corrected chi connectivity index (χ1v) is 9.48. The van der Waals surface area contributed by atoms with Crippen molar-refractivity contribution in [2.45, 2.75) is 19.4 Å². The number of nitrogens with zero attached hydrogens (tertiary/aromatic N) is 1. The highest BCUT2D eigenvalue weighted by atomic mass is 32.2. The third-order valence-electron chi connectivity index (χ3n) is 4.12. The predicted octanol–water partition coefficient (Wildman–Crippen LogP) is 2.68. The number of sulfonamides is 1. The van der Waals surface area contributed by atoms with Gasteiger partial charge >= 0.3 is 0 Å². The number of hydrogen-bond donors (Lipinski definition) is 1. The van der Waals surface area contributed by atoms with Crippen molar-refractivity contribution in [2.75, 3.05) is 12.9 Å². The number of aliphatic imine (C=N–C) groups is 1. The van der Waals surface area contributed by atoms with Gasteiger partial charge in [-0.2, -0.15) is 0 Å². The molecule has 1 aromatic carbocycles. The van der Waals surface area contributed by atoms with Gasteiger partial charge in [0.05, 0.1) is 24.6 Å². The van der Waals surface area contributed by atoms with Gasteiger partial charge in [0.25, 0.3) is 0 Å². The lowest BCUT2D eigenvalue weighted by molar-refractivity contribution is 0.415. The Balaban J connectivity index is 1.91. The number of methoxy groups -OCH3 is 1. The van der Waals surface area contributed by atoms with Gasteiger partial charge in [-0.25, -0.2) is 8.42 Å². The van der Waals surface area contributed by atoms with E-state index in [0.29, 0.717) is 5.70 Å². The first-order chi connectivity index (χ1) is 11.5. The lowest BCUT2D eigenvalue weighted by Gasteiger charge is -2.26. The van der Waals surface area contributed by atoms with Gasteiger partial charge in [0.1, 0.15) is 5.75 Å². The molecule has 0 saturated heterocycles. The van der Waals surface area contributed by atoms with Crippen molar-refractivity contribution in [3.05, 3.63) is 59.3 Å². The summed E-state index contributed by atoms with van der Waals surface area (Å²) in [6.07, 6.45) is 8.27. The monoisotopic (exact) mass is 344 g/mol. The van der Waals surface area contributed by atoms with Crippen molar-refractivity contribution < 1.29 is 13.2 Å². The summed E-state index contributed by atoms with van der Waals surface area (Å²) in [6.45, 7) is 1.62. The summed E-state index contributed by atoms with van der Waals surface area (Å²) in [6, 6.07) is 7.78. The topological polar surface area (TPSA) is 67.8 Å². The molecule has 1 unspecified atom stereocenters. The van der Waals surface area contributed by atoms with Crippen molar-refractivity contribution in [3.8, 4) is 5.75 Å². The first kappa shape index (κ1) is 16.5. The molecule has 0 radical (unpaired) electrons. The normalized spacial score (nSPS) is 19.8. The lowest BCUT2D eigenvalue weighted by atomic mass is 9.88. The Morgan fingerprint density at radius 2 is 2.04 bits per heavy atom. The maximum atomic E-state index is 11.9. The summed E-state index contributed by atoms with van der Waals surface area (Å²) in [4.78, 5) is 4.44. The average Bonchev–Trinajstić information content (AvgIpc) is 2.61. The number of nitrogens with one attached hydrogen (secondary N) is 1. The van der Waals surface area contributed by atoms with Crippen LogP contribution in [-0.4, -0.2) is 33.5 Å². The molecular formula is C18H20N2O3S. The van der Waals surface area contributed by atoms with Gasteiger partial charge in [-0.15, -0.1) is 0 Å². The fourth-order valence-corrected chi connectivity index (χ4v) is 3.39. The molecule has 126 valence electrons. The Labute approximate surface area is 142 Å². The molecule has 0 bridgehead atoms. The van der Waals surface area contributed by atoms with E-state index in [-0.39, 0.29) is 11.8 Å². The molecule has 1 N–H and O–H groups in total. The highest BCUT2D eigenvalue weighted by Crippen LogP contribution is 2.32. The van der Waals surface area contributed by atoms with Crippen LogP contribution in [0.5, 0.6) is 5.75 Å². The molecule has 1 heterocycles. The number of hydrogen-bond acceptors (Lipinski definition) is 4. The SMILES string of the molecule is CCS(=O)(=O)NC1=CC=NC2CC=C(c3ccc(OC)cc3)C=C12. The number of rotatable bonds is 5. The summed E-state index contributed by atoms with van der Waals surface area (Å²) in [5.41, 5.74) is 3.63. The van der Waals surface area contributed by atoms with Crippen LogP contribution in [0.3, 0.4) is 0 Å². The van der Waals surface area contributed by atoms with Gasteiger partial charge < -0.3 is 4.74 Å². The van der Waals surface area contributed by atoms with Crippen LogP contribution in [0.1, 0.15) is 18.9 Å². The maximum Gasteiger partial charge on any atom is 0.232 e. The first-order valence-electron chi connectivity index (χ1n) is 7.83. The molecule has 1 aliphatic heterocycles. The van der Waals surface area contributed by atoms with E-state index in [1.807, 2.05) is 30.3 Å². The molecule has 5 nitrogen and oxygen atoms in total. The molecule has 0 aromatic heterocycles. The van der Waals surface area contributed by atoms with Crippen LogP contribution in [0.4, 0.5) is 0 Å². The van der Waals surface area contributed by atoms with E-state index < -0.39 is 10.0 Å². The Bertz CT molecular complexity index is 847. The Kier molecular flexibility index (Phi) is 4.57. The van der Waals surface area contributed by atoms with Crippen LogP contribution in [0.25, 0.3) is 5.57 Å². The molecule has 1 aliphatic carbocycles. The van der Waals surface area contributed by atoms with E-state index in [1.165, 1.54) is 0 Å². The number of allylic oxidation sites excluding steroid dienone is 3. The third kappa shape index (κ3) is 3.43. The Hall–Kier alpha value is -2.34. The zero-order valence-corrected chi connectivity index (χ0v) is 14.5. The molecule has 3 rings (SSSR count). The zero-order chi connectivity index (χ0) is 17.2. The molecule has 1 atom stereocenters. The molecule has 0 saturated carbocycles. The van der Waals surface area contributed by atoms with Crippen LogP contribution in [-0.2, 0) is 10.0 Å². The van der Waals surface area contributed by atoms with E-state index >= 15 is 0 Å². The zero-order valence-electron chi connectivity index (χ0n) is 13.7. The molecule has 0 fully saturated rings. The van der Waals surface area contributed by atoms with Gasteiger partial charge in [-0.3, -0.25) is 9.71 Å². The fraction of sp³-hybridized carbons (Fsp3) is 0.278. The Morgan fingerprint density at radius 1 is 1.29 bits per heavy atom. The Morgan fingerprint density at radius 3 is 2.71 bits per heavy atom. The largest absolute Gasteiger partial charge is 0.497 e. The van der Waals surface area contributed by atoms with Crippen molar-refractivity contribution >= 4 is 21.8 Å². The minimum absolute atomic E-state index is 0.0356. The van der Waals surface area contributed by atoms with Crippen LogP contribution >= 0.6 is 0 Å². The number of ether oxygens (including phenoxy) is 1. The minimum Gasteiger partial charge on any atom is -0.497 e. The van der Waals surface area contributed by atoms with Crippen LogP contribution < -0.4 is 9.46 Å². The average molecular weight is 344 g/mol. The second kappa shape index (κ2) is 6.65. The van der Waals surface area contributed by atoms with Crippen LogP contribution in [0, 0.1) is 0 Å². The number of dihydropyridines is 1. The van der Waals surface area contributed by atoms with Crippen molar-refractivity contribution in [1.82, 2.24) is 4.72 Å². The van der Waals surface area contributed by atoms with Crippen molar-refractivity contribution in [2.24, 2.45) is 4.99 Å². The second-order valence-electron chi connectivity index (χ2n) is 5.62. The van der Waals surface area contributed by atoms with Crippen LogP contribution in [0.15, 0.2) is 58.8 Å². The quantitative estimate of drug-likeness (QED) is 0.893. The highest BCUT2D eigenvalue weighted by molar-refractivity contribution is 7.89. The summed E-state index contributed by atoms with van der Waals surface area (Å²) in [5, 5.41) is 0. The third-order valence-corrected chi connectivity index (χ3v) is 5.41. The minimum atomic E-state index is -3.32. The van der Waals surface area contributed by atoms with Gasteiger partial charge in [0.15, 0.2) is 0 Å². The smallest absolute Gasteiger partial charge is 0.232 e. The standard InChI is InChI=1S/C18H20N2O3S/c1-3-24(21,22)20-18-10-11-19-17-9-6-14(12-16(17)18)13-4-7-15(23-2)8-5-13/h4-8,10-12,17,20H,3,9H2,1-2H3. The molecule has 1 aromatic rings. The fourth-order valence-electron chi connectivity index (χ4n) is 2.72. The van der Waals surface area contributed by atoms with E-state index in [9.17, 15) is 8.42 Å². The van der Waals surface area contributed by atoms with Crippen molar-refractivity contribution in [3.63, 3.8) is 0 Å². The number of fused-ring (bicyclic) bond motifs is 1.